The molecule has 2 atom stereocenters. The van der Waals surface area contributed by atoms with E-state index in [1.807, 2.05) is 12.1 Å². The molecule has 4 amide bonds. The van der Waals surface area contributed by atoms with Gasteiger partial charge in [0, 0.05) is 18.6 Å². The summed E-state index contributed by atoms with van der Waals surface area (Å²) in [6, 6.07) is 6.52. The Labute approximate surface area is 192 Å². The van der Waals surface area contributed by atoms with Gasteiger partial charge in [0.05, 0.1) is 0 Å². The lowest BCUT2D eigenvalue weighted by Crippen LogP contribution is -2.54. The van der Waals surface area contributed by atoms with E-state index in [-0.39, 0.29) is 30.3 Å². The first-order valence-electron chi connectivity index (χ1n) is 11.1. The number of rotatable bonds is 6. The molecule has 2 aromatic rings. The lowest BCUT2D eigenvalue weighted by molar-refractivity contribution is -0.136. The van der Waals surface area contributed by atoms with Crippen molar-refractivity contribution in [1.82, 2.24) is 20.2 Å². The van der Waals surface area contributed by atoms with Gasteiger partial charge in [-0.15, -0.1) is 0 Å². The molecule has 2 aromatic heterocycles. The number of aromatic nitrogens is 2. The van der Waals surface area contributed by atoms with Crippen molar-refractivity contribution in [2.24, 2.45) is 11.3 Å². The topological polar surface area (TPSA) is 114 Å². The summed E-state index contributed by atoms with van der Waals surface area (Å²) in [4.78, 5) is 47.8. The van der Waals surface area contributed by atoms with E-state index < -0.39 is 17.5 Å². The molecule has 2 aliphatic rings. The monoisotopic (exact) mass is 451 g/mol. The predicted octanol–water partition coefficient (Wildman–Crippen LogP) is 3.13. The van der Waals surface area contributed by atoms with E-state index >= 15 is 0 Å². The first kappa shape index (κ1) is 22.7. The van der Waals surface area contributed by atoms with E-state index in [0.717, 1.165) is 16.9 Å². The molecule has 0 radical (unpaired) electrons. The molecule has 2 N–H and O–H groups in total. The van der Waals surface area contributed by atoms with Crippen LogP contribution in [0.4, 0.5) is 10.6 Å². The van der Waals surface area contributed by atoms with Gasteiger partial charge in [-0.2, -0.15) is 0 Å². The maximum absolute atomic E-state index is 13.3. The summed E-state index contributed by atoms with van der Waals surface area (Å²) in [5.41, 5.74) is -0.101. The molecule has 4 rings (SSSR count). The van der Waals surface area contributed by atoms with Gasteiger partial charge in [0.1, 0.15) is 18.7 Å². The highest BCUT2D eigenvalue weighted by Crippen LogP contribution is 2.46. The van der Waals surface area contributed by atoms with Crippen LogP contribution in [0.25, 0.3) is 0 Å². The number of anilines is 1. The Morgan fingerprint density at radius 2 is 1.97 bits per heavy atom. The first-order chi connectivity index (χ1) is 15.7. The van der Waals surface area contributed by atoms with Gasteiger partial charge in [0.15, 0.2) is 11.6 Å². The van der Waals surface area contributed by atoms with Crippen LogP contribution in [0.3, 0.4) is 0 Å². The van der Waals surface area contributed by atoms with Crippen LogP contribution in [0.2, 0.25) is 0 Å². The standard InChI is InChI=1S/C24H29N5O4/c1-16-11-23(2,3)15-24(12-16)21(31)29(22(32)28-24)13-19(30)27-20-18(5-4-8-26-20)33-14-17-6-9-25-10-7-17/h4-10,16H,11-15H2,1-3H3,(H,28,32)(H,26,27,30). The summed E-state index contributed by atoms with van der Waals surface area (Å²) in [5, 5.41) is 5.56. The summed E-state index contributed by atoms with van der Waals surface area (Å²) >= 11 is 0. The van der Waals surface area contributed by atoms with Crippen molar-refractivity contribution < 1.29 is 19.1 Å². The zero-order valence-corrected chi connectivity index (χ0v) is 19.1. The normalized spacial score (nSPS) is 24.0. The highest BCUT2D eigenvalue weighted by Gasteiger charge is 2.56. The summed E-state index contributed by atoms with van der Waals surface area (Å²) in [7, 11) is 0. The van der Waals surface area contributed by atoms with Gasteiger partial charge in [0.25, 0.3) is 5.91 Å². The van der Waals surface area contributed by atoms with Gasteiger partial charge in [-0.1, -0.05) is 20.8 Å². The molecule has 9 heteroatoms. The van der Waals surface area contributed by atoms with Gasteiger partial charge in [-0.3, -0.25) is 19.5 Å². The SMILES string of the molecule is CC1CC(C)(C)CC2(C1)NC(=O)N(CC(=O)Nc1ncccc1OCc1ccncc1)C2=O. The Kier molecular flexibility index (Phi) is 6.05. The fourth-order valence-corrected chi connectivity index (χ4v) is 5.21. The summed E-state index contributed by atoms with van der Waals surface area (Å²) in [6.45, 7) is 6.19. The van der Waals surface area contributed by atoms with Gasteiger partial charge < -0.3 is 15.4 Å². The average molecular weight is 452 g/mol. The number of nitrogens with one attached hydrogen (secondary N) is 2. The molecule has 3 heterocycles. The number of hydrogen-bond acceptors (Lipinski definition) is 6. The highest BCUT2D eigenvalue weighted by molar-refractivity contribution is 6.10. The third-order valence-electron chi connectivity index (χ3n) is 6.10. The molecule has 1 saturated heterocycles. The van der Waals surface area contributed by atoms with E-state index in [0.29, 0.717) is 24.5 Å². The van der Waals surface area contributed by atoms with Gasteiger partial charge >= 0.3 is 6.03 Å². The Bertz CT molecular complexity index is 1060. The van der Waals surface area contributed by atoms with Crippen molar-refractivity contribution in [3.63, 3.8) is 0 Å². The summed E-state index contributed by atoms with van der Waals surface area (Å²) < 4.78 is 5.80. The minimum Gasteiger partial charge on any atom is -0.485 e. The molecule has 1 spiro atoms. The molecule has 174 valence electrons. The van der Waals surface area contributed by atoms with E-state index in [1.165, 1.54) is 6.20 Å². The largest absolute Gasteiger partial charge is 0.485 e. The predicted molar refractivity (Wildman–Crippen MR) is 121 cm³/mol. The number of ether oxygens (including phenoxy) is 1. The van der Waals surface area contributed by atoms with Crippen molar-refractivity contribution in [3.05, 3.63) is 48.4 Å². The molecule has 1 aliphatic heterocycles. The fraction of sp³-hybridized carbons (Fsp3) is 0.458. The van der Waals surface area contributed by atoms with Crippen molar-refractivity contribution in [2.75, 3.05) is 11.9 Å². The van der Waals surface area contributed by atoms with Crippen LogP contribution in [0.5, 0.6) is 5.75 Å². The summed E-state index contributed by atoms with van der Waals surface area (Å²) in [6.07, 6.45) is 6.99. The Hall–Kier alpha value is -3.49. The second kappa shape index (κ2) is 8.80. The number of carbonyl (C=O) groups is 3. The third-order valence-corrected chi connectivity index (χ3v) is 6.10. The average Bonchev–Trinajstić information content (AvgIpc) is 2.95. The van der Waals surface area contributed by atoms with Crippen molar-refractivity contribution in [3.8, 4) is 5.75 Å². The van der Waals surface area contributed by atoms with Crippen LogP contribution in [0.1, 0.15) is 45.6 Å². The molecule has 2 fully saturated rings. The van der Waals surface area contributed by atoms with Gasteiger partial charge in [-0.25, -0.2) is 9.78 Å². The van der Waals surface area contributed by atoms with Crippen LogP contribution in [0.15, 0.2) is 42.9 Å². The third kappa shape index (κ3) is 4.97. The van der Waals surface area contributed by atoms with E-state index in [2.05, 4.69) is 41.4 Å². The van der Waals surface area contributed by atoms with Crippen molar-refractivity contribution in [2.45, 2.75) is 52.2 Å². The molecule has 1 saturated carbocycles. The number of urea groups is 1. The van der Waals surface area contributed by atoms with Crippen LogP contribution < -0.4 is 15.4 Å². The first-order valence-corrected chi connectivity index (χ1v) is 11.1. The highest BCUT2D eigenvalue weighted by atomic mass is 16.5. The Morgan fingerprint density at radius 3 is 2.70 bits per heavy atom. The lowest BCUT2D eigenvalue weighted by atomic mass is 9.64. The Morgan fingerprint density at radius 1 is 1.21 bits per heavy atom. The van der Waals surface area contributed by atoms with Gasteiger partial charge in [0.2, 0.25) is 5.91 Å². The fourth-order valence-electron chi connectivity index (χ4n) is 5.21. The maximum Gasteiger partial charge on any atom is 0.325 e. The molecule has 0 aromatic carbocycles. The Balaban J connectivity index is 1.42. The second-order valence-corrected chi connectivity index (χ2v) is 9.80. The maximum atomic E-state index is 13.3. The number of nitrogens with zero attached hydrogens (tertiary/aromatic N) is 3. The number of amides is 4. The van der Waals surface area contributed by atoms with Crippen LogP contribution in [-0.4, -0.2) is 44.8 Å². The molecular formula is C24H29N5O4. The summed E-state index contributed by atoms with van der Waals surface area (Å²) in [5.74, 6) is 0.0499. The number of hydrogen-bond donors (Lipinski definition) is 2. The molecule has 1 aliphatic carbocycles. The minimum atomic E-state index is -0.942. The van der Waals surface area contributed by atoms with Crippen molar-refractivity contribution in [1.29, 1.82) is 0 Å². The molecular weight excluding hydrogens is 422 g/mol. The number of pyridine rings is 2. The minimum absolute atomic E-state index is 0.0755. The zero-order chi connectivity index (χ0) is 23.6. The van der Waals surface area contributed by atoms with E-state index in [4.69, 9.17) is 4.74 Å². The van der Waals surface area contributed by atoms with Crippen LogP contribution >= 0.6 is 0 Å². The van der Waals surface area contributed by atoms with Crippen LogP contribution in [0, 0.1) is 11.3 Å². The number of carbonyl (C=O) groups excluding carboxylic acids is 3. The number of imide groups is 1. The van der Waals surface area contributed by atoms with Crippen LogP contribution in [-0.2, 0) is 16.2 Å². The quantitative estimate of drug-likeness (QED) is 0.653. The molecule has 0 bridgehead atoms. The van der Waals surface area contributed by atoms with E-state index in [9.17, 15) is 14.4 Å². The second-order valence-electron chi connectivity index (χ2n) is 9.80. The molecule has 9 nitrogen and oxygen atoms in total. The van der Waals surface area contributed by atoms with Gasteiger partial charge in [-0.05, 0) is 60.4 Å². The van der Waals surface area contributed by atoms with E-state index in [1.54, 1.807) is 24.5 Å². The van der Waals surface area contributed by atoms with Crippen molar-refractivity contribution >= 4 is 23.7 Å². The zero-order valence-electron chi connectivity index (χ0n) is 19.1. The molecule has 2 unspecified atom stereocenters. The smallest absolute Gasteiger partial charge is 0.325 e. The lowest BCUT2D eigenvalue weighted by Gasteiger charge is -2.43. The molecule has 33 heavy (non-hydrogen) atoms.